The fourth-order valence-electron chi connectivity index (χ4n) is 2.34. The van der Waals surface area contributed by atoms with E-state index in [1.807, 2.05) is 0 Å². The number of carbonyl (C=O) groups is 5. The second-order valence-electron chi connectivity index (χ2n) is 6.88. The Balaban J connectivity index is 5.31. The van der Waals surface area contributed by atoms with Crippen LogP contribution in [-0.2, 0) is 24.0 Å². The van der Waals surface area contributed by atoms with Crippen molar-refractivity contribution in [2.24, 2.45) is 11.7 Å². The smallest absolute Gasteiger partial charge is 0.328 e. The van der Waals surface area contributed by atoms with Crippen molar-refractivity contribution in [2.45, 2.75) is 63.9 Å². The number of hydrogen-bond donors (Lipinski definition) is 8. The highest BCUT2D eigenvalue weighted by Crippen LogP contribution is 2.09. The molecule has 0 aliphatic carbocycles. The predicted octanol–water partition coefficient (Wildman–Crippen LogP) is -2.32. The minimum atomic E-state index is -1.59. The third kappa shape index (κ3) is 8.97. The number of rotatable bonds is 13. The summed E-state index contributed by atoms with van der Waals surface area (Å²) in [7, 11) is 0. The van der Waals surface area contributed by atoms with Gasteiger partial charge in [0.15, 0.2) is 6.04 Å². The summed E-state index contributed by atoms with van der Waals surface area (Å²) in [6.45, 7) is 4.61. The second kappa shape index (κ2) is 13.0. The van der Waals surface area contributed by atoms with Gasteiger partial charge in [0.2, 0.25) is 17.7 Å². The predicted molar refractivity (Wildman–Crippen MR) is 109 cm³/mol. The maximum Gasteiger partial charge on any atom is 0.328 e. The number of nitrogens with two attached hydrogens (primary N) is 1. The summed E-state index contributed by atoms with van der Waals surface area (Å²) in [5.74, 6) is -5.80. The number of thiol groups is 1. The molecule has 6 atom stereocenters. The molecule has 3 amide bonds. The Kier molecular flexibility index (Phi) is 12.0. The van der Waals surface area contributed by atoms with E-state index in [0.717, 1.165) is 0 Å². The molecule has 0 aromatic heterocycles. The highest BCUT2D eigenvalue weighted by molar-refractivity contribution is 7.80. The third-order valence-corrected chi connectivity index (χ3v) is 4.75. The zero-order valence-corrected chi connectivity index (χ0v) is 17.9. The van der Waals surface area contributed by atoms with E-state index in [1.54, 1.807) is 13.8 Å². The summed E-state index contributed by atoms with van der Waals surface area (Å²) < 4.78 is 0. The zero-order valence-electron chi connectivity index (χ0n) is 17.0. The van der Waals surface area contributed by atoms with Crippen LogP contribution in [0.15, 0.2) is 0 Å². The molecule has 30 heavy (non-hydrogen) atoms. The standard InChI is InChI=1S/C17H30N4O8S/c1-4-7(2)12(20-14(25)9(18)5-11(23)24)16(27)19-10(6-30)15(26)21-13(8(3)22)17(28)29/h7-10,12-13,22,30H,4-6,18H2,1-3H3,(H,19,27)(H,20,25)(H,21,26)(H,23,24)(H,28,29). The van der Waals surface area contributed by atoms with Crippen LogP contribution in [0.2, 0.25) is 0 Å². The van der Waals surface area contributed by atoms with Gasteiger partial charge in [-0.15, -0.1) is 0 Å². The third-order valence-electron chi connectivity index (χ3n) is 4.39. The van der Waals surface area contributed by atoms with Gasteiger partial charge in [0.1, 0.15) is 12.1 Å². The molecule has 0 rings (SSSR count). The molecule has 8 N–H and O–H groups in total. The van der Waals surface area contributed by atoms with Crippen LogP contribution in [0.1, 0.15) is 33.6 Å². The number of carbonyl (C=O) groups excluding carboxylic acids is 3. The molecular formula is C17H30N4O8S. The highest BCUT2D eigenvalue weighted by Gasteiger charge is 2.33. The molecule has 0 bridgehead atoms. The molecule has 6 unspecified atom stereocenters. The van der Waals surface area contributed by atoms with E-state index < -0.39 is 66.4 Å². The van der Waals surface area contributed by atoms with Crippen LogP contribution in [0.5, 0.6) is 0 Å². The average Bonchev–Trinajstić information content (AvgIpc) is 2.65. The number of aliphatic hydroxyl groups is 1. The first kappa shape index (κ1) is 27.6. The van der Waals surface area contributed by atoms with Gasteiger partial charge in [0.25, 0.3) is 0 Å². The number of carboxylic acids is 2. The summed E-state index contributed by atoms with van der Waals surface area (Å²) in [6, 6.07) is -5.33. The van der Waals surface area contributed by atoms with Crippen LogP contribution in [0.25, 0.3) is 0 Å². The number of nitrogens with one attached hydrogen (secondary N) is 3. The molecule has 0 aromatic rings. The molecule has 0 spiro atoms. The number of carboxylic acid groups (broad SMARTS) is 2. The van der Waals surface area contributed by atoms with Crippen molar-refractivity contribution < 1.29 is 39.3 Å². The van der Waals surface area contributed by atoms with Crippen molar-refractivity contribution in [3.05, 3.63) is 0 Å². The molecule has 12 nitrogen and oxygen atoms in total. The SMILES string of the molecule is CCC(C)C(NC(=O)C(N)CC(=O)O)C(=O)NC(CS)C(=O)NC(C(=O)O)C(C)O. The van der Waals surface area contributed by atoms with Crippen molar-refractivity contribution in [2.75, 3.05) is 5.75 Å². The van der Waals surface area contributed by atoms with Gasteiger partial charge in [0.05, 0.1) is 18.6 Å². The van der Waals surface area contributed by atoms with Gasteiger partial charge in [0, 0.05) is 5.75 Å². The van der Waals surface area contributed by atoms with E-state index in [4.69, 9.17) is 15.9 Å². The van der Waals surface area contributed by atoms with E-state index >= 15 is 0 Å². The zero-order chi connectivity index (χ0) is 23.6. The maximum atomic E-state index is 12.7. The van der Waals surface area contributed by atoms with Crippen molar-refractivity contribution in [3.8, 4) is 0 Å². The van der Waals surface area contributed by atoms with Crippen molar-refractivity contribution >= 4 is 42.3 Å². The Labute approximate surface area is 179 Å². The van der Waals surface area contributed by atoms with Gasteiger partial charge >= 0.3 is 11.9 Å². The molecule has 0 fully saturated rings. The normalized spacial score (nSPS) is 16.9. The van der Waals surface area contributed by atoms with Crippen LogP contribution in [-0.4, -0.2) is 81.0 Å². The summed E-state index contributed by atoms with van der Waals surface area (Å²) in [5.41, 5.74) is 5.52. The fraction of sp³-hybridized carbons (Fsp3) is 0.706. The van der Waals surface area contributed by atoms with Gasteiger partial charge < -0.3 is 37.0 Å². The van der Waals surface area contributed by atoms with Crippen molar-refractivity contribution in [1.82, 2.24) is 16.0 Å². The van der Waals surface area contributed by atoms with Gasteiger partial charge in [-0.05, 0) is 12.8 Å². The molecule has 0 radical (unpaired) electrons. The van der Waals surface area contributed by atoms with Gasteiger partial charge in [-0.2, -0.15) is 12.6 Å². The Morgan fingerprint density at radius 2 is 1.47 bits per heavy atom. The first-order valence-electron chi connectivity index (χ1n) is 9.25. The van der Waals surface area contributed by atoms with Crippen LogP contribution < -0.4 is 21.7 Å². The van der Waals surface area contributed by atoms with Crippen LogP contribution in [0.4, 0.5) is 0 Å². The molecule has 13 heteroatoms. The average molecular weight is 451 g/mol. The lowest BCUT2D eigenvalue weighted by Crippen LogP contribution is -2.60. The quantitative estimate of drug-likeness (QED) is 0.141. The molecule has 0 heterocycles. The van der Waals surface area contributed by atoms with Crippen LogP contribution >= 0.6 is 12.6 Å². The minimum Gasteiger partial charge on any atom is -0.481 e. The van der Waals surface area contributed by atoms with E-state index in [1.165, 1.54) is 6.92 Å². The van der Waals surface area contributed by atoms with E-state index in [9.17, 15) is 29.1 Å². The van der Waals surface area contributed by atoms with Gasteiger partial charge in [-0.3, -0.25) is 19.2 Å². The topological polar surface area (TPSA) is 208 Å². The number of aliphatic carboxylic acids is 2. The second-order valence-corrected chi connectivity index (χ2v) is 7.25. The van der Waals surface area contributed by atoms with Gasteiger partial charge in [-0.25, -0.2) is 4.79 Å². The lowest BCUT2D eigenvalue weighted by molar-refractivity contribution is -0.145. The van der Waals surface area contributed by atoms with E-state index in [2.05, 4.69) is 28.6 Å². The van der Waals surface area contributed by atoms with Crippen molar-refractivity contribution in [1.29, 1.82) is 0 Å². The molecular weight excluding hydrogens is 420 g/mol. The van der Waals surface area contributed by atoms with Gasteiger partial charge in [-0.1, -0.05) is 20.3 Å². The molecule has 0 aliphatic rings. The first-order chi connectivity index (χ1) is 13.8. The van der Waals surface area contributed by atoms with E-state index in [0.29, 0.717) is 6.42 Å². The van der Waals surface area contributed by atoms with Crippen molar-refractivity contribution in [3.63, 3.8) is 0 Å². The minimum absolute atomic E-state index is 0.191. The summed E-state index contributed by atoms with van der Waals surface area (Å²) in [5, 5.41) is 34.1. The Morgan fingerprint density at radius 1 is 0.933 bits per heavy atom. The monoisotopic (exact) mass is 450 g/mol. The summed E-state index contributed by atoms with van der Waals surface area (Å²) in [4.78, 5) is 59.0. The molecule has 0 saturated heterocycles. The number of hydrogen-bond acceptors (Lipinski definition) is 8. The van der Waals surface area contributed by atoms with E-state index in [-0.39, 0.29) is 11.7 Å². The summed E-state index contributed by atoms with van der Waals surface area (Å²) in [6.07, 6.45) is -1.54. The number of aliphatic hydroxyl groups excluding tert-OH is 1. The largest absolute Gasteiger partial charge is 0.481 e. The maximum absolute atomic E-state index is 12.7. The highest BCUT2D eigenvalue weighted by atomic mass is 32.1. The van der Waals surface area contributed by atoms with Crippen LogP contribution in [0.3, 0.4) is 0 Å². The Morgan fingerprint density at radius 3 is 1.87 bits per heavy atom. The molecule has 172 valence electrons. The molecule has 0 aliphatic heterocycles. The Hall–Kier alpha value is -2.38. The number of amides is 3. The molecule has 0 saturated carbocycles. The lowest BCUT2D eigenvalue weighted by Gasteiger charge is -2.27. The first-order valence-corrected chi connectivity index (χ1v) is 9.89. The summed E-state index contributed by atoms with van der Waals surface area (Å²) >= 11 is 3.98. The Bertz CT molecular complexity index is 645. The fourth-order valence-corrected chi connectivity index (χ4v) is 2.60. The lowest BCUT2D eigenvalue weighted by atomic mass is 9.97. The molecule has 0 aromatic carbocycles. The van der Waals surface area contributed by atoms with Crippen LogP contribution in [0, 0.1) is 5.92 Å².